The topological polar surface area (TPSA) is 169 Å². The molecule has 0 bridgehead atoms. The molecule has 1 fully saturated rings. The number of aliphatic hydroxyl groups excluding tert-OH is 1. The fourth-order valence-corrected chi connectivity index (χ4v) is 7.57. The Morgan fingerprint density at radius 1 is 1.02 bits per heavy atom. The molecule has 49 heavy (non-hydrogen) atoms. The average molecular weight is 694 g/mol. The number of benzene rings is 2. The quantitative estimate of drug-likeness (QED) is 0.110. The second kappa shape index (κ2) is 17.3. The van der Waals surface area contributed by atoms with Gasteiger partial charge in [-0.15, -0.1) is 0 Å². The third-order valence-corrected chi connectivity index (χ3v) is 10.6. The summed E-state index contributed by atoms with van der Waals surface area (Å²) in [5.74, 6) is -0.668. The number of rotatable bonds is 17. The maximum Gasteiger partial charge on any atom is 0.321 e. The molecule has 1 aromatic heterocycles. The molecule has 13 nitrogen and oxygen atoms in total. The van der Waals surface area contributed by atoms with Gasteiger partial charge in [0.05, 0.1) is 29.5 Å². The minimum absolute atomic E-state index is 0.0237. The van der Waals surface area contributed by atoms with Gasteiger partial charge >= 0.3 is 6.03 Å². The van der Waals surface area contributed by atoms with Crippen molar-refractivity contribution in [1.29, 1.82) is 0 Å². The third-order valence-electron chi connectivity index (χ3n) is 8.71. The summed E-state index contributed by atoms with van der Waals surface area (Å²) in [6.45, 7) is 8.64. The lowest BCUT2D eigenvalue weighted by Gasteiger charge is -2.35. The highest BCUT2D eigenvalue weighted by Crippen LogP contribution is 2.24. The van der Waals surface area contributed by atoms with E-state index in [1.165, 1.54) is 34.8 Å². The van der Waals surface area contributed by atoms with Gasteiger partial charge in [0.25, 0.3) is 0 Å². The first-order chi connectivity index (χ1) is 23.4. The van der Waals surface area contributed by atoms with Gasteiger partial charge in [-0.1, -0.05) is 81.7 Å². The summed E-state index contributed by atoms with van der Waals surface area (Å²) in [4.78, 5) is 31.1. The molecule has 1 aliphatic rings. The molecule has 4 atom stereocenters. The zero-order valence-electron chi connectivity index (χ0n) is 28.5. The van der Waals surface area contributed by atoms with Crippen LogP contribution in [0, 0.1) is 11.8 Å². The number of hydrogen-bond donors (Lipinski definition) is 3. The molecule has 3 N–H and O–H groups in total. The Labute approximate surface area is 288 Å². The Hall–Kier alpha value is -4.40. The number of carbonyl (C=O) groups excluding carboxylic acids is 2. The van der Waals surface area contributed by atoms with Crippen LogP contribution in [0.5, 0.6) is 0 Å². The van der Waals surface area contributed by atoms with Crippen molar-refractivity contribution >= 4 is 28.2 Å². The van der Waals surface area contributed by atoms with Crippen LogP contribution in [0.25, 0.3) is 0 Å². The third kappa shape index (κ3) is 9.83. The van der Waals surface area contributed by atoms with Gasteiger partial charge in [0, 0.05) is 38.9 Å². The zero-order valence-corrected chi connectivity index (χ0v) is 29.3. The van der Waals surface area contributed by atoms with Gasteiger partial charge in [0.15, 0.2) is 0 Å². The SMILES string of the molecule is CC[C@H](C)[C@@H](C(=O)N[C@@H](Cc1ccccc1)[C@H](O)CN(CC(C)C)S(=O)(=O)c1ccc(C=NO)cc1)N1CCN(Cc2ccnnc2)C1=O. The number of sulfonamides is 1. The number of aliphatic hydroxyl groups is 1. The number of oxime groups is 1. The molecule has 3 amide bonds. The lowest BCUT2D eigenvalue weighted by Crippen LogP contribution is -2.57. The van der Waals surface area contributed by atoms with E-state index in [-0.39, 0.29) is 42.3 Å². The van der Waals surface area contributed by atoms with Crippen LogP contribution >= 0.6 is 0 Å². The first-order valence-electron chi connectivity index (χ1n) is 16.6. The molecule has 2 heterocycles. The Morgan fingerprint density at radius 2 is 1.73 bits per heavy atom. The molecule has 2 aromatic carbocycles. The molecule has 14 heteroatoms. The molecule has 3 aromatic rings. The monoisotopic (exact) mass is 693 g/mol. The van der Waals surface area contributed by atoms with E-state index in [1.807, 2.05) is 58.0 Å². The second-order valence-corrected chi connectivity index (χ2v) is 14.8. The Balaban J connectivity index is 1.59. The van der Waals surface area contributed by atoms with Crippen LogP contribution in [0.15, 0.2) is 83.1 Å². The van der Waals surface area contributed by atoms with E-state index in [9.17, 15) is 23.1 Å². The first-order valence-corrected chi connectivity index (χ1v) is 18.0. The smallest absolute Gasteiger partial charge is 0.321 e. The predicted octanol–water partition coefficient (Wildman–Crippen LogP) is 3.37. The van der Waals surface area contributed by atoms with Gasteiger partial charge in [-0.25, -0.2) is 13.2 Å². The van der Waals surface area contributed by atoms with E-state index in [1.54, 1.807) is 28.3 Å². The van der Waals surface area contributed by atoms with Crippen molar-refractivity contribution in [3.63, 3.8) is 0 Å². The standard InChI is InChI=1S/C35H47N7O6S/c1-5-26(4)33(42-18-17-40(35(42)45)23-29-15-16-36-37-20-29)34(44)39-31(19-27-9-7-6-8-10-27)32(43)24-41(22-25(2)3)49(47,48)30-13-11-28(12-14-30)21-38-46/h6-16,20-21,25-26,31-33,43,46H,5,17-19,22-24H2,1-4H3,(H,39,44)/t26-,31-,32+,33-/m0/s1. The fraction of sp³-hybridized carbons (Fsp3) is 0.457. The van der Waals surface area contributed by atoms with Crippen molar-refractivity contribution in [2.24, 2.45) is 17.0 Å². The number of hydrogen-bond acceptors (Lipinski definition) is 9. The van der Waals surface area contributed by atoms with Gasteiger partial charge in [-0.2, -0.15) is 14.5 Å². The van der Waals surface area contributed by atoms with E-state index in [4.69, 9.17) is 5.21 Å². The molecule has 0 aliphatic carbocycles. The number of amides is 3. The lowest BCUT2D eigenvalue weighted by molar-refractivity contribution is -0.128. The summed E-state index contributed by atoms with van der Waals surface area (Å²) in [5.41, 5.74) is 2.20. The van der Waals surface area contributed by atoms with Crippen LogP contribution in [0.4, 0.5) is 4.79 Å². The molecular formula is C35H47N7O6S. The van der Waals surface area contributed by atoms with Crippen LogP contribution in [0.3, 0.4) is 0 Å². The molecule has 4 rings (SSSR count). The first kappa shape index (κ1) is 37.4. The number of nitrogens with zero attached hydrogens (tertiary/aromatic N) is 6. The highest BCUT2D eigenvalue weighted by molar-refractivity contribution is 7.89. The molecule has 1 aliphatic heterocycles. The van der Waals surface area contributed by atoms with Crippen molar-refractivity contribution in [1.82, 2.24) is 29.6 Å². The minimum Gasteiger partial charge on any atom is -0.411 e. The summed E-state index contributed by atoms with van der Waals surface area (Å²) in [5, 5.41) is 34.3. The van der Waals surface area contributed by atoms with E-state index in [0.717, 1.165) is 11.1 Å². The summed E-state index contributed by atoms with van der Waals surface area (Å²) < 4.78 is 29.0. The average Bonchev–Trinajstić information content (AvgIpc) is 3.43. The largest absolute Gasteiger partial charge is 0.411 e. The Morgan fingerprint density at radius 3 is 2.35 bits per heavy atom. The van der Waals surface area contributed by atoms with Crippen LogP contribution in [-0.2, 0) is 27.8 Å². The van der Waals surface area contributed by atoms with E-state index >= 15 is 0 Å². The minimum atomic E-state index is -4.06. The summed E-state index contributed by atoms with van der Waals surface area (Å²) >= 11 is 0. The summed E-state index contributed by atoms with van der Waals surface area (Å²) in [6, 6.07) is 15.1. The second-order valence-electron chi connectivity index (χ2n) is 12.9. The van der Waals surface area contributed by atoms with Crippen molar-refractivity contribution < 1.29 is 28.3 Å². The predicted molar refractivity (Wildman–Crippen MR) is 185 cm³/mol. The molecule has 0 saturated carbocycles. The number of urea groups is 1. The van der Waals surface area contributed by atoms with E-state index < -0.39 is 34.1 Å². The van der Waals surface area contributed by atoms with Crippen LogP contribution in [0.1, 0.15) is 50.8 Å². The maximum atomic E-state index is 14.2. The van der Waals surface area contributed by atoms with Gasteiger partial charge in [0.2, 0.25) is 15.9 Å². The molecular weight excluding hydrogens is 646 g/mol. The fourth-order valence-electron chi connectivity index (χ4n) is 5.94. The van der Waals surface area contributed by atoms with Crippen molar-refractivity contribution in [3.05, 3.63) is 89.7 Å². The van der Waals surface area contributed by atoms with Gasteiger partial charge in [-0.05, 0) is 53.1 Å². The van der Waals surface area contributed by atoms with Gasteiger partial charge in [0.1, 0.15) is 6.04 Å². The van der Waals surface area contributed by atoms with Gasteiger partial charge in [-0.3, -0.25) is 4.79 Å². The summed E-state index contributed by atoms with van der Waals surface area (Å²) in [6.07, 6.45) is 3.95. The summed E-state index contributed by atoms with van der Waals surface area (Å²) in [7, 11) is -4.06. The number of nitrogens with one attached hydrogen (secondary N) is 1. The Kier molecular flexibility index (Phi) is 13.2. The molecule has 264 valence electrons. The highest BCUT2D eigenvalue weighted by Gasteiger charge is 2.41. The molecule has 0 radical (unpaired) electrons. The van der Waals surface area contributed by atoms with Crippen LogP contribution in [0.2, 0.25) is 0 Å². The van der Waals surface area contributed by atoms with E-state index in [0.29, 0.717) is 31.6 Å². The number of carbonyl (C=O) groups is 2. The number of aromatic nitrogens is 2. The van der Waals surface area contributed by atoms with Gasteiger partial charge < -0.3 is 25.4 Å². The van der Waals surface area contributed by atoms with Crippen LogP contribution in [-0.4, -0.2) is 106 Å². The van der Waals surface area contributed by atoms with E-state index in [2.05, 4.69) is 20.7 Å². The molecule has 0 spiro atoms. The molecule has 0 unspecified atom stereocenters. The zero-order chi connectivity index (χ0) is 35.6. The van der Waals surface area contributed by atoms with Crippen molar-refractivity contribution in [2.45, 2.75) is 70.2 Å². The highest BCUT2D eigenvalue weighted by atomic mass is 32.2. The van der Waals surface area contributed by atoms with Crippen LogP contribution < -0.4 is 5.32 Å². The normalized spacial score (nSPS) is 16.3. The Bertz CT molecular complexity index is 1640. The molecule has 1 saturated heterocycles. The lowest BCUT2D eigenvalue weighted by atomic mass is 9.95. The van der Waals surface area contributed by atoms with Crippen molar-refractivity contribution in [3.8, 4) is 0 Å². The van der Waals surface area contributed by atoms with Crippen molar-refractivity contribution in [2.75, 3.05) is 26.2 Å². The maximum absolute atomic E-state index is 14.2.